The maximum absolute atomic E-state index is 3.65. The van der Waals surface area contributed by atoms with Crippen molar-refractivity contribution in [1.82, 2.24) is 10.2 Å². The molecule has 1 atom stereocenters. The molecule has 0 aromatic rings. The second-order valence-corrected chi connectivity index (χ2v) is 5.83. The van der Waals surface area contributed by atoms with E-state index in [1.54, 1.807) is 0 Å². The largest absolute Gasteiger partial charge is 0.312 e. The van der Waals surface area contributed by atoms with Crippen LogP contribution in [0.15, 0.2) is 0 Å². The van der Waals surface area contributed by atoms with E-state index in [1.165, 1.54) is 19.4 Å². The second kappa shape index (κ2) is 5.86. The molecule has 0 aliphatic heterocycles. The Labute approximate surface area is 95.4 Å². The van der Waals surface area contributed by atoms with E-state index in [1.807, 2.05) is 0 Å². The monoisotopic (exact) mass is 212 g/mol. The van der Waals surface area contributed by atoms with Gasteiger partial charge < -0.3 is 10.2 Å². The third-order valence-electron chi connectivity index (χ3n) is 3.18. The van der Waals surface area contributed by atoms with Gasteiger partial charge in [-0.05, 0) is 31.7 Å². The third-order valence-corrected chi connectivity index (χ3v) is 3.18. The van der Waals surface area contributed by atoms with Crippen molar-refractivity contribution in [2.24, 2.45) is 11.8 Å². The lowest BCUT2D eigenvalue weighted by Gasteiger charge is -2.32. The molecule has 0 aromatic carbocycles. The number of nitrogens with one attached hydrogen (secondary N) is 1. The molecule has 1 aliphatic rings. The number of nitrogens with zero attached hydrogens (tertiary/aromatic N) is 1. The second-order valence-electron chi connectivity index (χ2n) is 5.83. The molecule has 1 aliphatic carbocycles. The van der Waals surface area contributed by atoms with Crippen LogP contribution in [0.25, 0.3) is 0 Å². The first-order chi connectivity index (χ1) is 7.00. The van der Waals surface area contributed by atoms with Crippen molar-refractivity contribution in [3.8, 4) is 0 Å². The van der Waals surface area contributed by atoms with Gasteiger partial charge in [-0.3, -0.25) is 0 Å². The van der Waals surface area contributed by atoms with Gasteiger partial charge in [0.05, 0.1) is 0 Å². The highest BCUT2D eigenvalue weighted by Gasteiger charge is 2.24. The molecule has 1 unspecified atom stereocenters. The topological polar surface area (TPSA) is 15.3 Å². The molecule has 0 saturated heterocycles. The normalized spacial score (nSPS) is 19.2. The maximum atomic E-state index is 3.65. The molecule has 0 radical (unpaired) electrons. The van der Waals surface area contributed by atoms with Gasteiger partial charge in [-0.2, -0.15) is 0 Å². The van der Waals surface area contributed by atoms with Crippen molar-refractivity contribution in [2.45, 2.75) is 52.6 Å². The Morgan fingerprint density at radius 1 is 1.20 bits per heavy atom. The summed E-state index contributed by atoms with van der Waals surface area (Å²) in [5.41, 5.74) is 0. The van der Waals surface area contributed by atoms with Crippen molar-refractivity contribution in [3.05, 3.63) is 0 Å². The molecule has 0 heterocycles. The Bertz CT molecular complexity index is 173. The van der Waals surface area contributed by atoms with Crippen molar-refractivity contribution in [3.63, 3.8) is 0 Å². The first-order valence-corrected chi connectivity index (χ1v) is 6.44. The first kappa shape index (κ1) is 13.0. The molecule has 0 aromatic heterocycles. The van der Waals surface area contributed by atoms with Crippen LogP contribution in [0.1, 0.15) is 40.5 Å². The lowest BCUT2D eigenvalue weighted by molar-refractivity contribution is 0.169. The Kier molecular flexibility index (Phi) is 5.07. The highest BCUT2D eigenvalue weighted by Crippen LogP contribution is 2.19. The summed E-state index contributed by atoms with van der Waals surface area (Å²) in [5, 5.41) is 3.65. The quantitative estimate of drug-likeness (QED) is 0.697. The molecule has 1 fully saturated rings. The van der Waals surface area contributed by atoms with E-state index < -0.39 is 0 Å². The summed E-state index contributed by atoms with van der Waals surface area (Å²) in [6.07, 6.45) is 2.78. The van der Waals surface area contributed by atoms with Crippen molar-refractivity contribution >= 4 is 0 Å². The van der Waals surface area contributed by atoms with Crippen LogP contribution in [-0.4, -0.2) is 37.1 Å². The number of hydrogen-bond acceptors (Lipinski definition) is 2. The van der Waals surface area contributed by atoms with Crippen LogP contribution in [0.2, 0.25) is 0 Å². The molecule has 2 heteroatoms. The average molecular weight is 212 g/mol. The predicted molar refractivity (Wildman–Crippen MR) is 67.1 cm³/mol. The average Bonchev–Trinajstić information content (AvgIpc) is 2.85. The Morgan fingerprint density at radius 2 is 1.80 bits per heavy atom. The van der Waals surface area contributed by atoms with E-state index in [-0.39, 0.29) is 0 Å². The van der Waals surface area contributed by atoms with Gasteiger partial charge in [0.15, 0.2) is 0 Å². The molecule has 15 heavy (non-hydrogen) atoms. The standard InChI is InChI=1S/C13H28N2/c1-10(2)9-15(5)13(11(3)4)8-14-12-6-7-12/h10-14H,6-9H2,1-5H3. The van der Waals surface area contributed by atoms with Crippen molar-refractivity contribution in [2.75, 3.05) is 20.1 Å². The fourth-order valence-electron chi connectivity index (χ4n) is 2.19. The van der Waals surface area contributed by atoms with Crippen LogP contribution in [0, 0.1) is 11.8 Å². The first-order valence-electron chi connectivity index (χ1n) is 6.44. The zero-order chi connectivity index (χ0) is 11.4. The fraction of sp³-hybridized carbons (Fsp3) is 1.00. The summed E-state index contributed by atoms with van der Waals surface area (Å²) in [4.78, 5) is 2.52. The Morgan fingerprint density at radius 3 is 2.20 bits per heavy atom. The molecule has 0 amide bonds. The minimum atomic E-state index is 0.688. The highest BCUT2D eigenvalue weighted by atomic mass is 15.2. The lowest BCUT2D eigenvalue weighted by atomic mass is 10.0. The van der Waals surface area contributed by atoms with E-state index in [4.69, 9.17) is 0 Å². The SMILES string of the molecule is CC(C)CN(C)C(CNC1CC1)C(C)C. The maximum Gasteiger partial charge on any atom is 0.0240 e. The molecule has 1 rings (SSSR count). The third kappa shape index (κ3) is 4.98. The molecule has 0 bridgehead atoms. The van der Waals surface area contributed by atoms with Crippen LogP contribution in [0.5, 0.6) is 0 Å². The summed E-state index contributed by atoms with van der Waals surface area (Å²) in [7, 11) is 2.26. The minimum absolute atomic E-state index is 0.688. The smallest absolute Gasteiger partial charge is 0.0240 e. The van der Waals surface area contributed by atoms with Crippen molar-refractivity contribution in [1.29, 1.82) is 0 Å². The zero-order valence-electron chi connectivity index (χ0n) is 11.1. The summed E-state index contributed by atoms with van der Waals surface area (Å²) in [5.74, 6) is 1.50. The van der Waals surface area contributed by atoms with Gasteiger partial charge in [0, 0.05) is 25.2 Å². The van der Waals surface area contributed by atoms with Crippen LogP contribution in [0.4, 0.5) is 0 Å². The van der Waals surface area contributed by atoms with Crippen molar-refractivity contribution < 1.29 is 0 Å². The minimum Gasteiger partial charge on any atom is -0.312 e. The van der Waals surface area contributed by atoms with Gasteiger partial charge >= 0.3 is 0 Å². The predicted octanol–water partition coefficient (Wildman–Crippen LogP) is 2.35. The summed E-state index contributed by atoms with van der Waals surface area (Å²) < 4.78 is 0. The van der Waals surface area contributed by atoms with Crippen LogP contribution < -0.4 is 5.32 Å². The van der Waals surface area contributed by atoms with Gasteiger partial charge in [-0.15, -0.1) is 0 Å². The summed E-state index contributed by atoms with van der Waals surface area (Å²) >= 11 is 0. The van der Waals surface area contributed by atoms with Gasteiger partial charge in [-0.25, -0.2) is 0 Å². The fourth-order valence-corrected chi connectivity index (χ4v) is 2.19. The van der Waals surface area contributed by atoms with E-state index in [0.717, 1.165) is 24.4 Å². The molecular formula is C13H28N2. The van der Waals surface area contributed by atoms with E-state index in [0.29, 0.717) is 6.04 Å². The molecule has 2 nitrogen and oxygen atoms in total. The van der Waals surface area contributed by atoms with E-state index >= 15 is 0 Å². The molecular weight excluding hydrogens is 184 g/mol. The van der Waals surface area contributed by atoms with E-state index in [2.05, 4.69) is 45.0 Å². The summed E-state index contributed by atoms with van der Waals surface area (Å²) in [6, 6.07) is 1.52. The highest BCUT2D eigenvalue weighted by molar-refractivity contribution is 4.84. The zero-order valence-corrected chi connectivity index (χ0v) is 11.1. The van der Waals surface area contributed by atoms with Gasteiger partial charge in [0.25, 0.3) is 0 Å². The molecule has 1 N–H and O–H groups in total. The van der Waals surface area contributed by atoms with E-state index in [9.17, 15) is 0 Å². The molecule has 1 saturated carbocycles. The summed E-state index contributed by atoms with van der Waals surface area (Å²) in [6.45, 7) is 11.6. The van der Waals surface area contributed by atoms with Crippen LogP contribution in [-0.2, 0) is 0 Å². The molecule has 0 spiro atoms. The van der Waals surface area contributed by atoms with Gasteiger partial charge in [-0.1, -0.05) is 27.7 Å². The number of rotatable bonds is 7. The number of hydrogen-bond donors (Lipinski definition) is 1. The Hall–Kier alpha value is -0.0800. The lowest BCUT2D eigenvalue weighted by Crippen LogP contribution is -2.45. The van der Waals surface area contributed by atoms with Crippen LogP contribution >= 0.6 is 0 Å². The molecule has 90 valence electrons. The Balaban J connectivity index is 2.32. The van der Waals surface area contributed by atoms with Gasteiger partial charge in [0.1, 0.15) is 0 Å². The van der Waals surface area contributed by atoms with Gasteiger partial charge in [0.2, 0.25) is 0 Å². The van der Waals surface area contributed by atoms with Crippen LogP contribution in [0.3, 0.4) is 0 Å². The number of likely N-dealkylation sites (N-methyl/N-ethyl adjacent to an activating group) is 1.